The molecular weight excluding hydrogens is 214 g/mol. The number of aliphatic hydroxyl groups is 1. The molecule has 1 aliphatic carbocycles. The molecule has 2 fully saturated rings. The maximum atomic E-state index is 11.9. The monoisotopic (exact) mass is 239 g/mol. The summed E-state index contributed by atoms with van der Waals surface area (Å²) in [5.74, 6) is 0.736. The predicted octanol–water partition coefficient (Wildman–Crippen LogP) is 1.98. The molecule has 1 unspecified atom stereocenters. The van der Waals surface area contributed by atoms with Gasteiger partial charge in [-0.05, 0) is 32.6 Å². The third-order valence-electron chi connectivity index (χ3n) is 4.34. The maximum Gasteiger partial charge on any atom is 0.137 e. The molecule has 1 saturated carbocycles. The summed E-state index contributed by atoms with van der Waals surface area (Å²) in [7, 11) is 0. The summed E-state index contributed by atoms with van der Waals surface area (Å²) in [6, 6.07) is 0. The number of rotatable bonds is 2. The minimum Gasteiger partial charge on any atom is -0.390 e. The van der Waals surface area contributed by atoms with E-state index in [1.807, 2.05) is 6.92 Å². The lowest BCUT2D eigenvalue weighted by Crippen LogP contribution is -2.44. The van der Waals surface area contributed by atoms with Crippen molar-refractivity contribution in [3.8, 4) is 0 Å². The lowest BCUT2D eigenvalue weighted by molar-refractivity contribution is -0.123. The van der Waals surface area contributed by atoms with Crippen molar-refractivity contribution in [2.45, 2.75) is 57.5 Å². The Bertz CT molecular complexity index is 265. The molecule has 0 spiro atoms. The summed E-state index contributed by atoms with van der Waals surface area (Å²) >= 11 is 0. The van der Waals surface area contributed by atoms with Crippen LogP contribution in [0.15, 0.2) is 0 Å². The van der Waals surface area contributed by atoms with Crippen molar-refractivity contribution in [1.82, 2.24) is 4.90 Å². The highest BCUT2D eigenvalue weighted by Gasteiger charge is 2.30. The van der Waals surface area contributed by atoms with Gasteiger partial charge in [0.2, 0.25) is 0 Å². The average molecular weight is 239 g/mol. The molecule has 0 aromatic carbocycles. The number of ketones is 1. The van der Waals surface area contributed by atoms with Crippen molar-refractivity contribution < 1.29 is 9.90 Å². The summed E-state index contributed by atoms with van der Waals surface area (Å²) in [6.45, 7) is 4.73. The second kappa shape index (κ2) is 5.49. The second-order valence-corrected chi connectivity index (χ2v) is 6.06. The van der Waals surface area contributed by atoms with Crippen LogP contribution in [0, 0.1) is 5.92 Å². The van der Waals surface area contributed by atoms with E-state index in [4.69, 9.17) is 0 Å². The zero-order chi connectivity index (χ0) is 12.3. The molecule has 3 nitrogen and oxygen atoms in total. The first-order valence-electron chi connectivity index (χ1n) is 7.04. The Hall–Kier alpha value is -0.410. The molecule has 1 atom stereocenters. The van der Waals surface area contributed by atoms with Crippen LogP contribution >= 0.6 is 0 Å². The molecule has 0 aromatic rings. The number of piperidine rings is 1. The van der Waals surface area contributed by atoms with Crippen LogP contribution in [0.4, 0.5) is 0 Å². The van der Waals surface area contributed by atoms with Gasteiger partial charge in [0.25, 0.3) is 0 Å². The smallest absolute Gasteiger partial charge is 0.137 e. The number of hydrogen-bond donors (Lipinski definition) is 1. The third-order valence-corrected chi connectivity index (χ3v) is 4.34. The van der Waals surface area contributed by atoms with Gasteiger partial charge >= 0.3 is 0 Å². The van der Waals surface area contributed by atoms with Crippen LogP contribution in [-0.2, 0) is 4.79 Å². The molecule has 3 heteroatoms. The molecular formula is C14H25NO2. The molecule has 1 aliphatic heterocycles. The van der Waals surface area contributed by atoms with Crippen LogP contribution in [0.5, 0.6) is 0 Å². The lowest BCUT2D eigenvalue weighted by atomic mass is 9.92. The Labute approximate surface area is 104 Å². The quantitative estimate of drug-likeness (QED) is 0.749. The summed E-state index contributed by atoms with van der Waals surface area (Å²) in [5, 5.41) is 9.90. The van der Waals surface area contributed by atoms with Crippen LogP contribution < -0.4 is 0 Å². The topological polar surface area (TPSA) is 40.5 Å². The fourth-order valence-corrected chi connectivity index (χ4v) is 2.95. The Kier molecular flexibility index (Phi) is 4.21. The highest BCUT2D eigenvalue weighted by molar-refractivity contribution is 5.81. The van der Waals surface area contributed by atoms with Gasteiger partial charge in [-0.15, -0.1) is 0 Å². The largest absolute Gasteiger partial charge is 0.390 e. The first-order chi connectivity index (χ1) is 8.07. The van der Waals surface area contributed by atoms with E-state index < -0.39 is 5.60 Å². The Morgan fingerprint density at radius 2 is 2.00 bits per heavy atom. The molecule has 98 valence electrons. The second-order valence-electron chi connectivity index (χ2n) is 6.06. The minimum absolute atomic E-state index is 0.264. The number of carbonyl (C=O) groups is 1. The molecule has 2 rings (SSSR count). The average Bonchev–Trinajstić information content (AvgIpc) is 2.47. The van der Waals surface area contributed by atoms with Crippen molar-refractivity contribution in [3.05, 3.63) is 0 Å². The van der Waals surface area contributed by atoms with Crippen LogP contribution in [-0.4, -0.2) is 41.0 Å². The van der Waals surface area contributed by atoms with Gasteiger partial charge in [0.05, 0.1) is 5.60 Å². The van der Waals surface area contributed by atoms with Crippen LogP contribution in [0.1, 0.15) is 51.9 Å². The predicted molar refractivity (Wildman–Crippen MR) is 67.9 cm³/mol. The zero-order valence-corrected chi connectivity index (χ0v) is 11.0. The minimum atomic E-state index is -0.482. The molecule has 0 bridgehead atoms. The van der Waals surface area contributed by atoms with Crippen molar-refractivity contribution in [2.75, 3.05) is 19.6 Å². The molecule has 0 aromatic heterocycles. The zero-order valence-electron chi connectivity index (χ0n) is 11.0. The van der Waals surface area contributed by atoms with Gasteiger partial charge < -0.3 is 10.0 Å². The molecule has 0 amide bonds. The fraction of sp³-hybridized carbons (Fsp3) is 0.929. The van der Waals surface area contributed by atoms with Gasteiger partial charge in [-0.1, -0.05) is 12.8 Å². The van der Waals surface area contributed by atoms with Crippen LogP contribution in [0.25, 0.3) is 0 Å². The van der Waals surface area contributed by atoms with Crippen molar-refractivity contribution in [3.63, 3.8) is 0 Å². The highest BCUT2D eigenvalue weighted by atomic mass is 16.3. The van der Waals surface area contributed by atoms with Gasteiger partial charge in [0.15, 0.2) is 0 Å². The molecule has 0 radical (unpaired) electrons. The van der Waals surface area contributed by atoms with E-state index >= 15 is 0 Å². The van der Waals surface area contributed by atoms with E-state index in [1.165, 1.54) is 12.8 Å². The first-order valence-corrected chi connectivity index (χ1v) is 7.04. The van der Waals surface area contributed by atoms with E-state index in [9.17, 15) is 9.90 Å². The van der Waals surface area contributed by atoms with E-state index in [1.54, 1.807) is 0 Å². The maximum absolute atomic E-state index is 11.9. The Balaban J connectivity index is 1.82. The summed E-state index contributed by atoms with van der Waals surface area (Å²) in [5.41, 5.74) is -0.482. The number of hydrogen-bond acceptors (Lipinski definition) is 3. The van der Waals surface area contributed by atoms with Crippen molar-refractivity contribution >= 4 is 5.78 Å². The standard InChI is InChI=1S/C14H25NO2/c1-14(17)7-9-15(10-8-14)11-12-5-3-2-4-6-13(12)16/h12,17H,2-11H2,1H3. The Morgan fingerprint density at radius 3 is 2.71 bits per heavy atom. The van der Waals surface area contributed by atoms with Crippen LogP contribution in [0.2, 0.25) is 0 Å². The van der Waals surface area contributed by atoms with E-state index in [0.29, 0.717) is 5.78 Å². The first kappa shape index (κ1) is 13.0. The van der Waals surface area contributed by atoms with Gasteiger partial charge in [-0.2, -0.15) is 0 Å². The van der Waals surface area contributed by atoms with Gasteiger partial charge in [0, 0.05) is 32.0 Å². The number of nitrogens with zero attached hydrogens (tertiary/aromatic N) is 1. The summed E-state index contributed by atoms with van der Waals surface area (Å²) < 4.78 is 0. The number of carbonyl (C=O) groups excluding carboxylic acids is 1. The molecule has 1 heterocycles. The number of Topliss-reactive ketones (excluding diaryl/α,β-unsaturated/α-hetero) is 1. The lowest BCUT2D eigenvalue weighted by Gasteiger charge is -2.37. The number of likely N-dealkylation sites (tertiary alicyclic amines) is 1. The van der Waals surface area contributed by atoms with Crippen LogP contribution in [0.3, 0.4) is 0 Å². The molecule has 1 saturated heterocycles. The van der Waals surface area contributed by atoms with Crippen molar-refractivity contribution in [1.29, 1.82) is 0 Å². The molecule has 2 aliphatic rings. The summed E-state index contributed by atoms with van der Waals surface area (Å²) in [4.78, 5) is 14.3. The highest BCUT2D eigenvalue weighted by Crippen LogP contribution is 2.25. The normalized spacial score (nSPS) is 31.2. The molecule has 1 N–H and O–H groups in total. The van der Waals surface area contributed by atoms with E-state index in [2.05, 4.69) is 4.90 Å². The van der Waals surface area contributed by atoms with Gasteiger partial charge in [-0.3, -0.25) is 4.79 Å². The third kappa shape index (κ3) is 3.78. The van der Waals surface area contributed by atoms with Crippen molar-refractivity contribution in [2.24, 2.45) is 5.92 Å². The SMILES string of the molecule is CC1(O)CCN(CC2CCCCCC2=O)CC1. The Morgan fingerprint density at radius 1 is 1.29 bits per heavy atom. The van der Waals surface area contributed by atoms with Gasteiger partial charge in [0.1, 0.15) is 5.78 Å². The van der Waals surface area contributed by atoms with Gasteiger partial charge in [-0.25, -0.2) is 0 Å². The molecule has 17 heavy (non-hydrogen) atoms. The summed E-state index contributed by atoms with van der Waals surface area (Å²) in [6.07, 6.45) is 7.06. The van der Waals surface area contributed by atoms with E-state index in [0.717, 1.165) is 51.7 Å². The fourth-order valence-electron chi connectivity index (χ4n) is 2.95. The van der Waals surface area contributed by atoms with E-state index in [-0.39, 0.29) is 5.92 Å².